The molecule has 0 bridgehead atoms. The van der Waals surface area contributed by atoms with E-state index in [9.17, 15) is 4.79 Å². The summed E-state index contributed by atoms with van der Waals surface area (Å²) in [6.45, 7) is 0. The zero-order chi connectivity index (χ0) is 15.5. The summed E-state index contributed by atoms with van der Waals surface area (Å²) in [5, 5.41) is 13.3. The second-order valence-corrected chi connectivity index (χ2v) is 5.47. The maximum Gasteiger partial charge on any atom is 0.313 e. The fourth-order valence-corrected chi connectivity index (χ4v) is 2.63. The molecule has 112 valence electrons. The summed E-state index contributed by atoms with van der Waals surface area (Å²) in [7, 11) is 1.80. The molecule has 22 heavy (non-hydrogen) atoms. The van der Waals surface area contributed by atoms with Gasteiger partial charge in [-0.15, -0.1) is 0 Å². The van der Waals surface area contributed by atoms with Gasteiger partial charge in [-0.25, -0.2) is 9.97 Å². The van der Waals surface area contributed by atoms with Crippen molar-refractivity contribution < 1.29 is 9.90 Å². The number of aromatic nitrogens is 4. The van der Waals surface area contributed by atoms with Gasteiger partial charge in [-0.2, -0.15) is 0 Å². The number of carboxylic acids is 1. The van der Waals surface area contributed by atoms with Gasteiger partial charge in [0.1, 0.15) is 16.5 Å². The topological polar surface area (TPSA) is 104 Å². The quantitative estimate of drug-likeness (QED) is 0.620. The van der Waals surface area contributed by atoms with E-state index < -0.39 is 5.97 Å². The van der Waals surface area contributed by atoms with E-state index in [0.717, 1.165) is 34.2 Å². The normalized spacial score (nSPS) is 10.8. The number of hydrogen-bond acceptors (Lipinski definition) is 6. The molecule has 3 aromatic heterocycles. The molecule has 3 rings (SSSR count). The first-order chi connectivity index (χ1) is 10.7. The van der Waals surface area contributed by atoms with Gasteiger partial charge < -0.3 is 15.4 Å². The molecule has 0 aromatic carbocycles. The highest BCUT2D eigenvalue weighted by molar-refractivity contribution is 7.99. The first-order valence-electron chi connectivity index (χ1n) is 6.50. The molecule has 0 saturated heterocycles. The van der Waals surface area contributed by atoms with Crippen molar-refractivity contribution in [2.75, 3.05) is 18.1 Å². The second-order valence-electron chi connectivity index (χ2n) is 4.47. The molecule has 8 heteroatoms. The number of carboxylic acid groups (broad SMARTS) is 1. The molecule has 0 aliphatic heterocycles. The Kier molecular flexibility index (Phi) is 3.92. The molecular weight excluding hydrogens is 302 g/mol. The Morgan fingerprint density at radius 3 is 3.05 bits per heavy atom. The van der Waals surface area contributed by atoms with Crippen LogP contribution in [-0.2, 0) is 4.79 Å². The van der Waals surface area contributed by atoms with Crippen LogP contribution in [-0.4, -0.2) is 43.8 Å². The molecule has 0 fully saturated rings. The summed E-state index contributed by atoms with van der Waals surface area (Å²) in [6.07, 6.45) is 5.04. The molecule has 3 aromatic rings. The highest BCUT2D eigenvalue weighted by Gasteiger charge is 2.11. The van der Waals surface area contributed by atoms with Gasteiger partial charge in [0.05, 0.1) is 23.8 Å². The van der Waals surface area contributed by atoms with Crippen molar-refractivity contribution in [3.63, 3.8) is 0 Å². The molecule has 0 amide bonds. The lowest BCUT2D eigenvalue weighted by Crippen LogP contribution is -1.99. The van der Waals surface area contributed by atoms with Crippen LogP contribution >= 0.6 is 11.8 Å². The minimum absolute atomic E-state index is 0.0458. The number of thioether (sulfide) groups is 1. The Hall–Kier alpha value is -2.61. The molecule has 0 atom stereocenters. The molecule has 0 unspecified atom stereocenters. The fraction of sp³-hybridized carbons (Fsp3) is 0.143. The van der Waals surface area contributed by atoms with E-state index in [-0.39, 0.29) is 5.75 Å². The lowest BCUT2D eigenvalue weighted by molar-refractivity contribution is -0.133. The number of nitrogens with zero attached hydrogens (tertiary/aromatic N) is 3. The predicted molar refractivity (Wildman–Crippen MR) is 85.0 cm³/mol. The number of carbonyl (C=O) groups is 1. The number of anilines is 1. The van der Waals surface area contributed by atoms with Crippen molar-refractivity contribution in [2.24, 2.45) is 0 Å². The third-order valence-corrected chi connectivity index (χ3v) is 3.90. The molecule has 0 radical (unpaired) electrons. The molecule has 3 heterocycles. The molecule has 0 aliphatic carbocycles. The van der Waals surface area contributed by atoms with Crippen molar-refractivity contribution in [3.05, 3.63) is 30.7 Å². The smallest absolute Gasteiger partial charge is 0.313 e. The van der Waals surface area contributed by atoms with Gasteiger partial charge >= 0.3 is 5.97 Å². The van der Waals surface area contributed by atoms with E-state index in [4.69, 9.17) is 5.11 Å². The van der Waals surface area contributed by atoms with E-state index in [1.807, 2.05) is 18.3 Å². The maximum absolute atomic E-state index is 10.7. The van der Waals surface area contributed by atoms with Crippen molar-refractivity contribution in [3.8, 4) is 11.3 Å². The van der Waals surface area contributed by atoms with Crippen LogP contribution < -0.4 is 5.32 Å². The summed E-state index contributed by atoms with van der Waals surface area (Å²) in [4.78, 5) is 26.8. The molecule has 0 spiro atoms. The number of pyridine rings is 1. The van der Waals surface area contributed by atoms with Crippen LogP contribution in [0, 0.1) is 0 Å². The van der Waals surface area contributed by atoms with E-state index in [1.54, 1.807) is 19.4 Å². The van der Waals surface area contributed by atoms with Crippen LogP contribution in [0.25, 0.3) is 22.3 Å². The minimum Gasteiger partial charge on any atom is -0.481 e. The fourth-order valence-electron chi connectivity index (χ4n) is 2.06. The number of rotatable bonds is 5. The third kappa shape index (κ3) is 2.86. The molecular formula is C14H13N5O2S. The first-order valence-corrected chi connectivity index (χ1v) is 7.49. The van der Waals surface area contributed by atoms with Gasteiger partial charge in [0.2, 0.25) is 0 Å². The third-order valence-electron chi connectivity index (χ3n) is 3.02. The number of aliphatic carboxylic acids is 1. The minimum atomic E-state index is -0.883. The number of aromatic amines is 1. The molecule has 0 aliphatic rings. The van der Waals surface area contributed by atoms with Gasteiger partial charge in [-0.1, -0.05) is 11.8 Å². The molecule has 0 saturated carbocycles. The van der Waals surface area contributed by atoms with Gasteiger partial charge in [0, 0.05) is 24.2 Å². The summed E-state index contributed by atoms with van der Waals surface area (Å²) in [5.74, 6) is -0.211. The zero-order valence-corrected chi connectivity index (χ0v) is 12.5. The second kappa shape index (κ2) is 6.02. The van der Waals surface area contributed by atoms with Gasteiger partial charge in [-0.05, 0) is 12.1 Å². The number of hydrogen-bond donors (Lipinski definition) is 3. The Labute approximate surface area is 130 Å². The molecule has 7 nitrogen and oxygen atoms in total. The Bertz CT molecular complexity index is 833. The number of fused-ring (bicyclic) bond motifs is 1. The first kappa shape index (κ1) is 14.3. The SMILES string of the molecule is CNc1cc(-c2cncc(SCC(=O)O)n2)c2cc[nH]c2n1. The largest absolute Gasteiger partial charge is 0.481 e. The highest BCUT2D eigenvalue weighted by Crippen LogP contribution is 2.29. The van der Waals surface area contributed by atoms with Crippen LogP contribution in [0.1, 0.15) is 0 Å². The van der Waals surface area contributed by atoms with Crippen molar-refractivity contribution in [1.29, 1.82) is 0 Å². The van der Waals surface area contributed by atoms with Crippen LogP contribution in [0.2, 0.25) is 0 Å². The lowest BCUT2D eigenvalue weighted by Gasteiger charge is -2.07. The van der Waals surface area contributed by atoms with Crippen molar-refractivity contribution >= 4 is 34.6 Å². The van der Waals surface area contributed by atoms with Crippen LogP contribution in [0.15, 0.2) is 35.7 Å². The highest BCUT2D eigenvalue weighted by atomic mass is 32.2. The summed E-state index contributed by atoms with van der Waals surface area (Å²) >= 11 is 1.14. The zero-order valence-electron chi connectivity index (χ0n) is 11.7. The van der Waals surface area contributed by atoms with E-state index in [2.05, 4.69) is 25.3 Å². The summed E-state index contributed by atoms with van der Waals surface area (Å²) < 4.78 is 0. The molecule has 3 N–H and O–H groups in total. The number of nitrogens with one attached hydrogen (secondary N) is 2. The Morgan fingerprint density at radius 2 is 2.27 bits per heavy atom. The predicted octanol–water partition coefficient (Wildman–Crippen LogP) is 2.24. The van der Waals surface area contributed by atoms with Crippen LogP contribution in [0.5, 0.6) is 0 Å². The number of H-pyrrole nitrogens is 1. The van der Waals surface area contributed by atoms with Gasteiger partial charge in [-0.3, -0.25) is 9.78 Å². The van der Waals surface area contributed by atoms with Gasteiger partial charge in [0.15, 0.2) is 0 Å². The van der Waals surface area contributed by atoms with E-state index in [1.165, 1.54) is 0 Å². The Morgan fingerprint density at radius 1 is 1.41 bits per heavy atom. The van der Waals surface area contributed by atoms with Crippen LogP contribution in [0.3, 0.4) is 0 Å². The average molecular weight is 315 g/mol. The van der Waals surface area contributed by atoms with Crippen molar-refractivity contribution in [1.82, 2.24) is 19.9 Å². The summed E-state index contributed by atoms with van der Waals surface area (Å²) in [5.41, 5.74) is 2.33. The van der Waals surface area contributed by atoms with E-state index >= 15 is 0 Å². The van der Waals surface area contributed by atoms with Crippen LogP contribution in [0.4, 0.5) is 5.82 Å². The Balaban J connectivity index is 2.05. The monoisotopic (exact) mass is 315 g/mol. The van der Waals surface area contributed by atoms with Crippen molar-refractivity contribution in [2.45, 2.75) is 5.03 Å². The maximum atomic E-state index is 10.7. The average Bonchev–Trinajstić information content (AvgIpc) is 3.00. The summed E-state index contributed by atoms with van der Waals surface area (Å²) in [6, 6.07) is 3.82. The van der Waals surface area contributed by atoms with E-state index in [0.29, 0.717) is 10.7 Å². The van der Waals surface area contributed by atoms with Gasteiger partial charge in [0.25, 0.3) is 0 Å². The lowest BCUT2D eigenvalue weighted by atomic mass is 10.1. The standard InChI is InChI=1S/C14H13N5O2S/c1-15-11-4-9(8-2-3-17-14(8)19-11)10-5-16-6-12(18-10)22-7-13(20)21/h2-6H,7H2,1H3,(H,20,21)(H2,15,17,19).